The first-order chi connectivity index (χ1) is 8.10. The zero-order valence-electron chi connectivity index (χ0n) is 9.60. The number of nitrogens with two attached hydrogens (primary N) is 1. The fourth-order valence-corrected chi connectivity index (χ4v) is 1.49. The number of hydrogen-bond acceptors (Lipinski definition) is 4. The SMILES string of the molecule is C=C(/C(=C/C(=O)O)CC)c1cccnc1NN. The van der Waals surface area contributed by atoms with Gasteiger partial charge >= 0.3 is 5.97 Å². The predicted octanol–water partition coefficient (Wildman–Crippen LogP) is 1.80. The van der Waals surface area contributed by atoms with Crippen LogP contribution in [0.15, 0.2) is 36.6 Å². The summed E-state index contributed by atoms with van der Waals surface area (Å²) in [4.78, 5) is 14.7. The Bertz CT molecular complexity index is 467. The highest BCUT2D eigenvalue weighted by molar-refractivity contribution is 5.90. The van der Waals surface area contributed by atoms with Crippen molar-refractivity contribution in [3.63, 3.8) is 0 Å². The lowest BCUT2D eigenvalue weighted by atomic mass is 9.98. The summed E-state index contributed by atoms with van der Waals surface area (Å²) in [5, 5.41) is 8.76. The van der Waals surface area contributed by atoms with E-state index in [1.165, 1.54) is 0 Å². The number of anilines is 1. The van der Waals surface area contributed by atoms with Gasteiger partial charge < -0.3 is 10.5 Å². The second-order valence-electron chi connectivity index (χ2n) is 3.38. The Labute approximate surface area is 99.6 Å². The minimum Gasteiger partial charge on any atom is -0.478 e. The molecular formula is C12H15N3O2. The highest BCUT2D eigenvalue weighted by Crippen LogP contribution is 2.27. The molecule has 0 aromatic carbocycles. The van der Waals surface area contributed by atoms with E-state index in [2.05, 4.69) is 17.0 Å². The van der Waals surface area contributed by atoms with E-state index >= 15 is 0 Å². The van der Waals surface area contributed by atoms with Gasteiger partial charge in [0.1, 0.15) is 5.82 Å². The van der Waals surface area contributed by atoms with Crippen LogP contribution >= 0.6 is 0 Å². The van der Waals surface area contributed by atoms with Gasteiger partial charge in [-0.2, -0.15) is 0 Å². The molecule has 1 aromatic heterocycles. The van der Waals surface area contributed by atoms with Crippen molar-refractivity contribution in [1.82, 2.24) is 4.98 Å². The van der Waals surface area contributed by atoms with Crippen LogP contribution in [0.2, 0.25) is 0 Å². The molecule has 1 heterocycles. The van der Waals surface area contributed by atoms with Gasteiger partial charge in [0, 0.05) is 17.8 Å². The maximum Gasteiger partial charge on any atom is 0.328 e. The molecule has 0 saturated heterocycles. The fourth-order valence-electron chi connectivity index (χ4n) is 1.49. The Morgan fingerprint density at radius 3 is 2.94 bits per heavy atom. The molecule has 0 spiro atoms. The minimum atomic E-state index is -0.992. The summed E-state index contributed by atoms with van der Waals surface area (Å²) in [6.07, 6.45) is 3.32. The van der Waals surface area contributed by atoms with Crippen LogP contribution in [0.5, 0.6) is 0 Å². The topological polar surface area (TPSA) is 88.2 Å². The zero-order chi connectivity index (χ0) is 12.8. The molecule has 0 radical (unpaired) electrons. The first kappa shape index (κ1) is 12.9. The number of nitrogens with zero attached hydrogens (tertiary/aromatic N) is 1. The Hall–Kier alpha value is -2.14. The summed E-state index contributed by atoms with van der Waals surface area (Å²) in [6.45, 7) is 5.76. The Kier molecular flexibility index (Phi) is 4.42. The van der Waals surface area contributed by atoms with Crippen molar-refractivity contribution < 1.29 is 9.90 Å². The average molecular weight is 233 g/mol. The van der Waals surface area contributed by atoms with Gasteiger partial charge in [0.25, 0.3) is 0 Å². The Morgan fingerprint density at radius 2 is 2.41 bits per heavy atom. The largest absolute Gasteiger partial charge is 0.478 e. The highest BCUT2D eigenvalue weighted by Gasteiger charge is 2.10. The number of pyridine rings is 1. The van der Waals surface area contributed by atoms with Crippen molar-refractivity contribution in [1.29, 1.82) is 0 Å². The molecule has 1 aromatic rings. The molecule has 4 N–H and O–H groups in total. The lowest BCUT2D eigenvalue weighted by Gasteiger charge is -2.12. The third-order valence-corrected chi connectivity index (χ3v) is 2.34. The molecule has 17 heavy (non-hydrogen) atoms. The average Bonchev–Trinajstić information content (AvgIpc) is 2.34. The van der Waals surface area contributed by atoms with E-state index in [4.69, 9.17) is 10.9 Å². The monoisotopic (exact) mass is 233 g/mol. The van der Waals surface area contributed by atoms with Crippen LogP contribution in [-0.4, -0.2) is 16.1 Å². The number of aliphatic carboxylic acids is 1. The molecule has 1 rings (SSSR count). The van der Waals surface area contributed by atoms with Gasteiger partial charge in [0.2, 0.25) is 0 Å². The maximum atomic E-state index is 10.7. The van der Waals surface area contributed by atoms with Crippen LogP contribution in [0.4, 0.5) is 5.82 Å². The van der Waals surface area contributed by atoms with E-state index < -0.39 is 5.97 Å². The standard InChI is InChI=1S/C12H15N3O2/c1-3-9(7-11(16)17)8(2)10-5-4-6-14-12(10)15-13/h4-7H,2-3,13H2,1H3,(H,14,15)(H,16,17)/b9-7+. The smallest absolute Gasteiger partial charge is 0.328 e. The number of rotatable bonds is 5. The normalized spacial score (nSPS) is 11.1. The van der Waals surface area contributed by atoms with E-state index in [0.29, 0.717) is 28.9 Å². The molecule has 0 atom stereocenters. The lowest BCUT2D eigenvalue weighted by Crippen LogP contribution is -2.11. The second-order valence-corrected chi connectivity index (χ2v) is 3.38. The van der Waals surface area contributed by atoms with E-state index in [1.54, 1.807) is 18.3 Å². The van der Waals surface area contributed by atoms with Crippen LogP contribution in [0.25, 0.3) is 5.57 Å². The third kappa shape index (κ3) is 3.15. The molecule has 5 heteroatoms. The summed E-state index contributed by atoms with van der Waals surface area (Å²) < 4.78 is 0. The summed E-state index contributed by atoms with van der Waals surface area (Å²) in [7, 11) is 0. The van der Waals surface area contributed by atoms with Crippen LogP contribution in [0.1, 0.15) is 18.9 Å². The number of hydrazine groups is 1. The maximum absolute atomic E-state index is 10.7. The summed E-state index contributed by atoms with van der Waals surface area (Å²) in [6, 6.07) is 3.53. The van der Waals surface area contributed by atoms with Crippen LogP contribution < -0.4 is 11.3 Å². The molecule has 90 valence electrons. The van der Waals surface area contributed by atoms with Crippen molar-refractivity contribution in [3.05, 3.63) is 42.1 Å². The molecule has 0 bridgehead atoms. The predicted molar refractivity (Wildman–Crippen MR) is 67.1 cm³/mol. The highest BCUT2D eigenvalue weighted by atomic mass is 16.4. The number of carbonyl (C=O) groups is 1. The number of aromatic nitrogens is 1. The number of carboxylic acid groups (broad SMARTS) is 1. The van der Waals surface area contributed by atoms with Gasteiger partial charge in [-0.15, -0.1) is 0 Å². The first-order valence-electron chi connectivity index (χ1n) is 5.15. The molecule has 0 amide bonds. The van der Waals surface area contributed by atoms with Gasteiger partial charge in [0.15, 0.2) is 0 Å². The molecule has 0 aliphatic heterocycles. The Morgan fingerprint density at radius 1 is 1.71 bits per heavy atom. The fraction of sp³-hybridized carbons (Fsp3) is 0.167. The third-order valence-electron chi connectivity index (χ3n) is 2.34. The van der Waals surface area contributed by atoms with Crippen LogP contribution in [0, 0.1) is 0 Å². The lowest BCUT2D eigenvalue weighted by molar-refractivity contribution is -0.131. The van der Waals surface area contributed by atoms with Crippen LogP contribution in [0.3, 0.4) is 0 Å². The van der Waals surface area contributed by atoms with E-state index in [9.17, 15) is 4.79 Å². The minimum absolute atomic E-state index is 0.474. The molecule has 0 saturated carbocycles. The van der Waals surface area contributed by atoms with Crippen molar-refractivity contribution in [2.45, 2.75) is 13.3 Å². The molecular weight excluding hydrogens is 218 g/mol. The second kappa shape index (κ2) is 5.81. The van der Waals surface area contributed by atoms with Crippen molar-refractivity contribution in [2.75, 3.05) is 5.43 Å². The molecule has 5 nitrogen and oxygen atoms in total. The van der Waals surface area contributed by atoms with Crippen molar-refractivity contribution in [3.8, 4) is 0 Å². The van der Waals surface area contributed by atoms with E-state index in [-0.39, 0.29) is 0 Å². The van der Waals surface area contributed by atoms with E-state index in [1.807, 2.05) is 6.92 Å². The van der Waals surface area contributed by atoms with Gasteiger partial charge in [0.05, 0.1) is 0 Å². The zero-order valence-corrected chi connectivity index (χ0v) is 9.60. The number of carboxylic acids is 1. The first-order valence-corrected chi connectivity index (χ1v) is 5.15. The summed E-state index contributed by atoms with van der Waals surface area (Å²) in [5.74, 6) is 4.82. The van der Waals surface area contributed by atoms with Gasteiger partial charge in [-0.25, -0.2) is 15.6 Å². The summed E-state index contributed by atoms with van der Waals surface area (Å²) in [5.41, 5.74) is 4.41. The number of nitrogens with one attached hydrogen (secondary N) is 1. The number of hydrogen-bond donors (Lipinski definition) is 3. The molecule has 0 fully saturated rings. The van der Waals surface area contributed by atoms with Crippen molar-refractivity contribution in [2.24, 2.45) is 5.84 Å². The van der Waals surface area contributed by atoms with E-state index in [0.717, 1.165) is 6.08 Å². The number of nitrogen functional groups attached to an aromatic ring is 1. The van der Waals surface area contributed by atoms with Crippen LogP contribution in [-0.2, 0) is 4.79 Å². The van der Waals surface area contributed by atoms with Crippen molar-refractivity contribution >= 4 is 17.4 Å². The molecule has 0 aliphatic carbocycles. The number of allylic oxidation sites excluding steroid dienone is 2. The van der Waals surface area contributed by atoms with Gasteiger partial charge in [-0.3, -0.25) is 0 Å². The Balaban J connectivity index is 3.15. The molecule has 0 aliphatic rings. The molecule has 0 unspecified atom stereocenters. The van der Waals surface area contributed by atoms with Gasteiger partial charge in [-0.05, 0) is 29.7 Å². The van der Waals surface area contributed by atoms with Gasteiger partial charge in [-0.1, -0.05) is 13.5 Å². The summed E-state index contributed by atoms with van der Waals surface area (Å²) >= 11 is 0. The quantitative estimate of drug-likeness (QED) is 0.312.